The Hall–Kier alpha value is -3.23. The number of amides is 2. The van der Waals surface area contributed by atoms with Crippen molar-refractivity contribution in [2.24, 2.45) is 7.05 Å². The molecular formula is C23H32N6O3. The van der Waals surface area contributed by atoms with Gasteiger partial charge in [-0.1, -0.05) is 0 Å². The Balaban J connectivity index is 1.88. The molecule has 9 nitrogen and oxygen atoms in total. The molecule has 1 N–H and O–H groups in total. The zero-order chi connectivity index (χ0) is 23.6. The van der Waals surface area contributed by atoms with E-state index in [1.54, 1.807) is 30.9 Å². The highest BCUT2D eigenvalue weighted by molar-refractivity contribution is 5.95. The number of nitrogens with zero attached hydrogens (tertiary/aromatic N) is 5. The quantitative estimate of drug-likeness (QED) is 0.761. The van der Waals surface area contributed by atoms with Gasteiger partial charge in [0.2, 0.25) is 5.91 Å². The van der Waals surface area contributed by atoms with Gasteiger partial charge < -0.3 is 19.7 Å². The number of hydrogen-bond donors (Lipinski definition) is 1. The first-order valence-electron chi connectivity index (χ1n) is 10.9. The second-order valence-corrected chi connectivity index (χ2v) is 8.52. The smallest absolute Gasteiger partial charge is 0.263 e. The SMILES string of the molecule is CNc1cc([C@H]2CCCN(C(=O)c3c(C)cc(C)n(C)c3=O)C2)nc(CN(C)C(C)=O)n1. The molecule has 2 aromatic heterocycles. The number of carbonyl (C=O) groups excluding carboxylic acids is 2. The van der Waals surface area contributed by atoms with E-state index in [4.69, 9.17) is 4.98 Å². The highest BCUT2D eigenvalue weighted by Gasteiger charge is 2.29. The first kappa shape index (κ1) is 23.4. The molecule has 0 aromatic carbocycles. The highest BCUT2D eigenvalue weighted by atomic mass is 16.2. The summed E-state index contributed by atoms with van der Waals surface area (Å²) in [7, 11) is 5.19. The Morgan fingerprint density at radius 1 is 1.25 bits per heavy atom. The predicted octanol–water partition coefficient (Wildman–Crippen LogP) is 1.83. The number of aryl methyl sites for hydroxylation is 2. The minimum absolute atomic E-state index is 0.0267. The van der Waals surface area contributed by atoms with E-state index >= 15 is 0 Å². The third-order valence-corrected chi connectivity index (χ3v) is 6.17. The molecule has 1 atom stereocenters. The predicted molar refractivity (Wildman–Crippen MR) is 123 cm³/mol. The summed E-state index contributed by atoms with van der Waals surface area (Å²) in [6.45, 7) is 6.57. The standard InChI is InChI=1S/C23H32N6O3/c1-14-10-15(2)28(6)22(31)21(14)23(32)29-9-7-8-17(12-29)18-11-19(24-4)26-20(25-18)13-27(5)16(3)30/h10-11,17H,7-9,12-13H2,1-6H3,(H,24,25,26)/t17-/m0/s1. The van der Waals surface area contributed by atoms with E-state index in [2.05, 4.69) is 10.3 Å². The van der Waals surface area contributed by atoms with Crippen LogP contribution < -0.4 is 10.9 Å². The van der Waals surface area contributed by atoms with E-state index in [0.717, 1.165) is 24.2 Å². The molecule has 172 valence electrons. The fraction of sp³-hybridized carbons (Fsp3) is 0.522. The Bertz CT molecular complexity index is 1090. The molecule has 2 amide bonds. The zero-order valence-corrected chi connectivity index (χ0v) is 19.7. The van der Waals surface area contributed by atoms with Gasteiger partial charge in [0, 0.05) is 58.8 Å². The van der Waals surface area contributed by atoms with E-state index in [9.17, 15) is 14.4 Å². The van der Waals surface area contributed by atoms with Crippen LogP contribution in [0, 0.1) is 13.8 Å². The zero-order valence-electron chi connectivity index (χ0n) is 19.7. The van der Waals surface area contributed by atoms with Crippen molar-refractivity contribution in [3.8, 4) is 0 Å². The lowest BCUT2D eigenvalue weighted by atomic mass is 9.93. The number of anilines is 1. The third-order valence-electron chi connectivity index (χ3n) is 6.17. The summed E-state index contributed by atoms with van der Waals surface area (Å²) < 4.78 is 1.52. The van der Waals surface area contributed by atoms with Crippen LogP contribution in [0.4, 0.5) is 5.82 Å². The molecule has 1 saturated heterocycles. The second-order valence-electron chi connectivity index (χ2n) is 8.52. The highest BCUT2D eigenvalue weighted by Crippen LogP contribution is 2.28. The van der Waals surface area contributed by atoms with Crippen LogP contribution in [0.3, 0.4) is 0 Å². The van der Waals surface area contributed by atoms with E-state index in [-0.39, 0.29) is 28.9 Å². The van der Waals surface area contributed by atoms with Crippen LogP contribution in [-0.4, -0.2) is 63.3 Å². The number of rotatable bonds is 5. The van der Waals surface area contributed by atoms with E-state index in [0.29, 0.717) is 36.8 Å². The number of pyridine rings is 1. The average molecular weight is 441 g/mol. The van der Waals surface area contributed by atoms with Gasteiger partial charge in [0.15, 0.2) is 0 Å². The Morgan fingerprint density at radius 2 is 1.97 bits per heavy atom. The fourth-order valence-corrected chi connectivity index (χ4v) is 4.05. The molecule has 0 unspecified atom stereocenters. The molecule has 32 heavy (non-hydrogen) atoms. The summed E-state index contributed by atoms with van der Waals surface area (Å²) in [4.78, 5) is 50.2. The fourth-order valence-electron chi connectivity index (χ4n) is 4.05. The van der Waals surface area contributed by atoms with Crippen molar-refractivity contribution in [2.45, 2.75) is 46.1 Å². The minimum atomic E-state index is -0.260. The van der Waals surface area contributed by atoms with Crippen LogP contribution in [0.15, 0.2) is 16.9 Å². The van der Waals surface area contributed by atoms with Crippen molar-refractivity contribution in [3.05, 3.63) is 50.8 Å². The van der Waals surface area contributed by atoms with Crippen molar-refractivity contribution in [1.82, 2.24) is 24.3 Å². The summed E-state index contributed by atoms with van der Waals surface area (Å²) in [6, 6.07) is 3.77. The number of piperidine rings is 1. The molecule has 3 rings (SSSR count). The molecule has 0 bridgehead atoms. The van der Waals surface area contributed by atoms with Crippen LogP contribution in [0.2, 0.25) is 0 Å². The van der Waals surface area contributed by atoms with Crippen molar-refractivity contribution in [1.29, 1.82) is 0 Å². The number of likely N-dealkylation sites (tertiary alicyclic amines) is 1. The van der Waals surface area contributed by atoms with Gasteiger partial charge in [-0.25, -0.2) is 9.97 Å². The van der Waals surface area contributed by atoms with Crippen LogP contribution in [0.5, 0.6) is 0 Å². The lowest BCUT2D eigenvalue weighted by Gasteiger charge is -2.33. The summed E-state index contributed by atoms with van der Waals surface area (Å²) in [5.74, 6) is 0.963. The molecule has 3 heterocycles. The minimum Gasteiger partial charge on any atom is -0.373 e. The van der Waals surface area contributed by atoms with Crippen LogP contribution in [-0.2, 0) is 18.4 Å². The molecule has 0 radical (unpaired) electrons. The van der Waals surface area contributed by atoms with Gasteiger partial charge in [-0.2, -0.15) is 0 Å². The molecule has 1 aliphatic heterocycles. The van der Waals surface area contributed by atoms with Crippen LogP contribution in [0.25, 0.3) is 0 Å². The molecule has 0 spiro atoms. The molecule has 9 heteroatoms. The summed E-state index contributed by atoms with van der Waals surface area (Å²) in [6.07, 6.45) is 1.71. The van der Waals surface area contributed by atoms with Crippen molar-refractivity contribution < 1.29 is 9.59 Å². The summed E-state index contributed by atoms with van der Waals surface area (Å²) >= 11 is 0. The van der Waals surface area contributed by atoms with Gasteiger partial charge in [0.1, 0.15) is 17.2 Å². The maximum Gasteiger partial charge on any atom is 0.263 e. The first-order chi connectivity index (χ1) is 15.1. The lowest BCUT2D eigenvalue weighted by Crippen LogP contribution is -2.42. The van der Waals surface area contributed by atoms with Crippen LogP contribution in [0.1, 0.15) is 58.8 Å². The van der Waals surface area contributed by atoms with Gasteiger partial charge in [0.05, 0.1) is 12.2 Å². The van der Waals surface area contributed by atoms with Crippen molar-refractivity contribution in [2.75, 3.05) is 32.5 Å². The molecule has 2 aromatic rings. The third kappa shape index (κ3) is 4.81. The molecule has 0 saturated carbocycles. The summed E-state index contributed by atoms with van der Waals surface area (Å²) in [5.41, 5.74) is 2.34. The molecule has 0 aliphatic carbocycles. The number of aromatic nitrogens is 3. The second kappa shape index (κ2) is 9.50. The monoisotopic (exact) mass is 440 g/mol. The molecular weight excluding hydrogens is 408 g/mol. The largest absolute Gasteiger partial charge is 0.373 e. The van der Waals surface area contributed by atoms with Gasteiger partial charge >= 0.3 is 0 Å². The Kier molecular flexibility index (Phi) is 6.96. The van der Waals surface area contributed by atoms with E-state index in [1.807, 2.05) is 26.0 Å². The van der Waals surface area contributed by atoms with Crippen LogP contribution >= 0.6 is 0 Å². The topological polar surface area (TPSA) is 100 Å². The average Bonchev–Trinajstić information content (AvgIpc) is 2.77. The van der Waals surface area contributed by atoms with Crippen molar-refractivity contribution in [3.63, 3.8) is 0 Å². The molecule has 1 fully saturated rings. The van der Waals surface area contributed by atoms with E-state index in [1.165, 1.54) is 11.5 Å². The lowest BCUT2D eigenvalue weighted by molar-refractivity contribution is -0.128. The number of nitrogens with one attached hydrogen (secondary N) is 1. The summed E-state index contributed by atoms with van der Waals surface area (Å²) in [5, 5.41) is 3.06. The maximum atomic E-state index is 13.3. The number of hydrogen-bond acceptors (Lipinski definition) is 6. The van der Waals surface area contributed by atoms with Gasteiger partial charge in [-0.05, 0) is 38.3 Å². The van der Waals surface area contributed by atoms with Crippen molar-refractivity contribution >= 4 is 17.6 Å². The normalized spacial score (nSPS) is 16.1. The first-order valence-corrected chi connectivity index (χ1v) is 10.9. The number of carbonyl (C=O) groups is 2. The Morgan fingerprint density at radius 3 is 2.62 bits per heavy atom. The maximum absolute atomic E-state index is 13.3. The molecule has 1 aliphatic rings. The van der Waals surface area contributed by atoms with Gasteiger partial charge in [0.25, 0.3) is 11.5 Å². The van der Waals surface area contributed by atoms with Gasteiger partial charge in [-0.15, -0.1) is 0 Å². The van der Waals surface area contributed by atoms with E-state index < -0.39 is 0 Å². The van der Waals surface area contributed by atoms with Gasteiger partial charge in [-0.3, -0.25) is 14.4 Å². The Labute approximate surface area is 188 Å².